The number of alkyl halides is 3. The van der Waals surface area contributed by atoms with Gasteiger partial charge < -0.3 is 9.64 Å². The minimum atomic E-state index is -4.43. The van der Waals surface area contributed by atoms with Crippen molar-refractivity contribution in [1.29, 1.82) is 0 Å². The lowest BCUT2D eigenvalue weighted by molar-refractivity contribution is -0.137. The SMILES string of the molecule is COc1cc(CS(=O)(=O)c2cccc3cccnc23)ccc1C(=O)N1CCN(Cc2ccc(C(F)(F)F)cn2)CC1. The van der Waals surface area contributed by atoms with Crippen LogP contribution in [0.4, 0.5) is 13.2 Å². The highest BCUT2D eigenvalue weighted by atomic mass is 32.2. The second-order valence-electron chi connectivity index (χ2n) is 9.73. The molecule has 12 heteroatoms. The maximum atomic E-state index is 13.3. The Labute approximate surface area is 235 Å². The summed E-state index contributed by atoms with van der Waals surface area (Å²) in [4.78, 5) is 25.3. The van der Waals surface area contributed by atoms with E-state index in [9.17, 15) is 26.4 Å². The summed E-state index contributed by atoms with van der Waals surface area (Å²) >= 11 is 0. The first-order chi connectivity index (χ1) is 19.5. The number of benzene rings is 2. The van der Waals surface area contributed by atoms with E-state index in [4.69, 9.17) is 4.74 Å². The second kappa shape index (κ2) is 11.5. The molecule has 1 fully saturated rings. The summed E-state index contributed by atoms with van der Waals surface area (Å²) in [5, 5.41) is 0.725. The van der Waals surface area contributed by atoms with Crippen molar-refractivity contribution in [3.63, 3.8) is 0 Å². The molecule has 3 heterocycles. The maximum absolute atomic E-state index is 13.3. The minimum Gasteiger partial charge on any atom is -0.496 e. The summed E-state index contributed by atoms with van der Waals surface area (Å²) in [6, 6.07) is 15.7. The molecule has 0 atom stereocenters. The number of nitrogens with zero attached hydrogens (tertiary/aromatic N) is 4. The molecule has 0 unspecified atom stereocenters. The quantitative estimate of drug-likeness (QED) is 0.314. The lowest BCUT2D eigenvalue weighted by Crippen LogP contribution is -2.48. The Bertz CT molecular complexity index is 1660. The van der Waals surface area contributed by atoms with Crippen LogP contribution in [-0.2, 0) is 28.3 Å². The number of halogens is 3. The molecule has 1 saturated heterocycles. The molecular weight excluding hydrogens is 557 g/mol. The highest BCUT2D eigenvalue weighted by Crippen LogP contribution is 2.29. The predicted molar refractivity (Wildman–Crippen MR) is 146 cm³/mol. The zero-order chi connectivity index (χ0) is 29.2. The van der Waals surface area contributed by atoms with Gasteiger partial charge in [-0.1, -0.05) is 24.3 Å². The predicted octanol–water partition coefficient (Wildman–Crippen LogP) is 4.59. The zero-order valence-corrected chi connectivity index (χ0v) is 23.0. The Morgan fingerprint density at radius 3 is 2.41 bits per heavy atom. The van der Waals surface area contributed by atoms with E-state index in [-0.39, 0.29) is 22.3 Å². The van der Waals surface area contributed by atoms with Crippen molar-refractivity contribution < 1.29 is 31.1 Å². The largest absolute Gasteiger partial charge is 0.496 e. The summed E-state index contributed by atoms with van der Waals surface area (Å²) in [6.07, 6.45) is -2.05. The van der Waals surface area contributed by atoms with Crippen LogP contribution in [0, 0.1) is 0 Å². The molecule has 1 aliphatic heterocycles. The molecule has 0 aliphatic carbocycles. The average molecular weight is 585 g/mol. The van der Waals surface area contributed by atoms with E-state index in [2.05, 4.69) is 9.97 Å². The van der Waals surface area contributed by atoms with Crippen LogP contribution in [0.5, 0.6) is 5.75 Å². The average Bonchev–Trinajstić information content (AvgIpc) is 2.96. The zero-order valence-electron chi connectivity index (χ0n) is 22.1. The van der Waals surface area contributed by atoms with Crippen molar-refractivity contribution in [1.82, 2.24) is 19.8 Å². The molecule has 0 saturated carbocycles. The molecule has 0 bridgehead atoms. The van der Waals surface area contributed by atoms with Gasteiger partial charge in [0.05, 0.1) is 40.1 Å². The van der Waals surface area contributed by atoms with Gasteiger partial charge in [-0.2, -0.15) is 13.2 Å². The van der Waals surface area contributed by atoms with Crippen LogP contribution < -0.4 is 4.74 Å². The van der Waals surface area contributed by atoms with Gasteiger partial charge in [0.1, 0.15) is 5.75 Å². The highest BCUT2D eigenvalue weighted by molar-refractivity contribution is 7.90. The lowest BCUT2D eigenvalue weighted by atomic mass is 10.1. The fourth-order valence-electron chi connectivity index (χ4n) is 4.82. The van der Waals surface area contributed by atoms with E-state index in [0.717, 1.165) is 17.6 Å². The van der Waals surface area contributed by atoms with Crippen LogP contribution in [-0.4, -0.2) is 67.4 Å². The van der Waals surface area contributed by atoms with Crippen LogP contribution in [0.3, 0.4) is 0 Å². The molecule has 4 aromatic rings. The number of rotatable bonds is 7. The Balaban J connectivity index is 1.24. The number of methoxy groups -OCH3 is 1. The number of para-hydroxylation sites is 1. The molecular formula is C29H27F3N4O4S. The van der Waals surface area contributed by atoms with Crippen LogP contribution in [0.15, 0.2) is 78.0 Å². The standard InChI is InChI=1S/C29H27F3N4O4S/c1-40-25-16-20(19-41(38,39)26-6-2-4-21-5-3-11-33-27(21)26)7-10-24(25)28(37)36-14-12-35(13-15-36)18-23-9-8-22(17-34-23)29(30,31)32/h2-11,16-17H,12-15,18-19H2,1H3. The summed E-state index contributed by atoms with van der Waals surface area (Å²) in [5.41, 5.74) is 0.921. The molecule has 8 nitrogen and oxygen atoms in total. The molecule has 0 N–H and O–H groups in total. The Morgan fingerprint density at radius 1 is 0.976 bits per heavy atom. The van der Waals surface area contributed by atoms with E-state index in [1.54, 1.807) is 53.6 Å². The van der Waals surface area contributed by atoms with Gasteiger partial charge in [-0.15, -0.1) is 0 Å². The Hall–Kier alpha value is -4.03. The van der Waals surface area contributed by atoms with E-state index in [1.165, 1.54) is 19.2 Å². The molecule has 0 radical (unpaired) electrons. The van der Waals surface area contributed by atoms with Crippen LogP contribution >= 0.6 is 0 Å². The number of hydrogen-bond donors (Lipinski definition) is 0. The molecule has 41 heavy (non-hydrogen) atoms. The van der Waals surface area contributed by atoms with Gasteiger partial charge in [0, 0.05) is 50.5 Å². The van der Waals surface area contributed by atoms with Gasteiger partial charge in [0.25, 0.3) is 5.91 Å². The van der Waals surface area contributed by atoms with E-state index in [1.807, 2.05) is 4.90 Å². The number of ether oxygens (including phenoxy) is 1. The highest BCUT2D eigenvalue weighted by Gasteiger charge is 2.31. The van der Waals surface area contributed by atoms with Crippen LogP contribution in [0.1, 0.15) is 27.2 Å². The third kappa shape index (κ3) is 6.33. The van der Waals surface area contributed by atoms with Crippen LogP contribution in [0.25, 0.3) is 10.9 Å². The number of pyridine rings is 2. The first kappa shape index (κ1) is 28.5. The van der Waals surface area contributed by atoms with Gasteiger partial charge in [-0.3, -0.25) is 19.7 Å². The number of sulfone groups is 1. The number of carbonyl (C=O) groups is 1. The topological polar surface area (TPSA) is 92.7 Å². The molecule has 5 rings (SSSR count). The first-order valence-corrected chi connectivity index (χ1v) is 14.5. The van der Waals surface area contributed by atoms with Gasteiger partial charge in [0.15, 0.2) is 9.84 Å². The number of fused-ring (bicyclic) bond motifs is 1. The smallest absolute Gasteiger partial charge is 0.417 e. The number of piperazine rings is 1. The van der Waals surface area contributed by atoms with Gasteiger partial charge in [0.2, 0.25) is 0 Å². The minimum absolute atomic E-state index is 0.138. The van der Waals surface area contributed by atoms with Crippen molar-refractivity contribution >= 4 is 26.6 Å². The monoisotopic (exact) mass is 584 g/mol. The number of aromatic nitrogens is 2. The number of hydrogen-bond acceptors (Lipinski definition) is 7. The van der Waals surface area contributed by atoms with Crippen molar-refractivity contribution in [2.45, 2.75) is 23.4 Å². The second-order valence-corrected chi connectivity index (χ2v) is 11.7. The first-order valence-electron chi connectivity index (χ1n) is 12.8. The van der Waals surface area contributed by atoms with Gasteiger partial charge in [-0.05, 0) is 42.0 Å². The number of amides is 1. The summed E-state index contributed by atoms with van der Waals surface area (Å²) < 4.78 is 70.4. The normalized spacial score (nSPS) is 14.8. The molecule has 1 amide bonds. The fraction of sp³-hybridized carbons (Fsp3) is 0.276. The van der Waals surface area contributed by atoms with Gasteiger partial charge >= 0.3 is 6.18 Å². The number of carbonyl (C=O) groups excluding carboxylic acids is 1. The molecule has 2 aromatic carbocycles. The fourth-order valence-corrected chi connectivity index (χ4v) is 6.35. The molecule has 214 valence electrons. The lowest BCUT2D eigenvalue weighted by Gasteiger charge is -2.34. The van der Waals surface area contributed by atoms with Gasteiger partial charge in [-0.25, -0.2) is 8.42 Å². The summed E-state index contributed by atoms with van der Waals surface area (Å²) in [7, 11) is -2.32. The van der Waals surface area contributed by atoms with E-state index in [0.29, 0.717) is 55.1 Å². The third-order valence-electron chi connectivity index (χ3n) is 6.98. The Kier molecular flexibility index (Phi) is 7.96. The molecule has 2 aromatic heterocycles. The van der Waals surface area contributed by atoms with Crippen LogP contribution in [0.2, 0.25) is 0 Å². The van der Waals surface area contributed by atoms with Crippen molar-refractivity contribution in [2.24, 2.45) is 0 Å². The van der Waals surface area contributed by atoms with Crippen molar-refractivity contribution in [3.8, 4) is 5.75 Å². The maximum Gasteiger partial charge on any atom is 0.417 e. The van der Waals surface area contributed by atoms with Crippen molar-refractivity contribution in [2.75, 3.05) is 33.3 Å². The molecule has 1 aliphatic rings. The molecule has 0 spiro atoms. The Morgan fingerprint density at radius 2 is 1.73 bits per heavy atom. The van der Waals surface area contributed by atoms with Crippen molar-refractivity contribution in [3.05, 3.63) is 95.4 Å². The summed E-state index contributed by atoms with van der Waals surface area (Å²) in [6.45, 7) is 2.23. The summed E-state index contributed by atoms with van der Waals surface area (Å²) in [5.74, 6) is -0.263. The third-order valence-corrected chi connectivity index (χ3v) is 8.69. The van der Waals surface area contributed by atoms with E-state index < -0.39 is 21.6 Å². The van der Waals surface area contributed by atoms with E-state index >= 15 is 0 Å².